The molecule has 0 radical (unpaired) electrons. The highest BCUT2D eigenvalue weighted by atomic mass is 35.5. The highest BCUT2D eigenvalue weighted by Gasteiger charge is 2.43. The summed E-state index contributed by atoms with van der Waals surface area (Å²) in [6.45, 7) is 1.72. The van der Waals surface area contributed by atoms with Gasteiger partial charge in [0.1, 0.15) is 5.15 Å². The van der Waals surface area contributed by atoms with E-state index in [1.54, 1.807) is 13.0 Å². The number of urea groups is 1. The lowest BCUT2D eigenvalue weighted by molar-refractivity contribution is -0.143. The van der Waals surface area contributed by atoms with Gasteiger partial charge in [0.2, 0.25) is 0 Å². The van der Waals surface area contributed by atoms with Gasteiger partial charge in [0, 0.05) is 17.5 Å². The van der Waals surface area contributed by atoms with Crippen LogP contribution in [0.15, 0.2) is 30.3 Å². The molecule has 1 aromatic carbocycles. The Kier molecular flexibility index (Phi) is 3.54. The van der Waals surface area contributed by atoms with Crippen molar-refractivity contribution in [1.82, 2.24) is 14.8 Å². The average molecular weight is 318 g/mol. The number of hydrogen-bond donors (Lipinski definition) is 0. The fourth-order valence-electron chi connectivity index (χ4n) is 2.39. The molecule has 1 aliphatic rings. The van der Waals surface area contributed by atoms with E-state index in [4.69, 9.17) is 11.6 Å². The number of halogens is 1. The highest BCUT2D eigenvalue weighted by molar-refractivity contribution is 6.44. The van der Waals surface area contributed by atoms with E-state index in [0.29, 0.717) is 5.56 Å². The third-order valence-corrected chi connectivity index (χ3v) is 3.86. The summed E-state index contributed by atoms with van der Waals surface area (Å²) in [5, 5.41) is 1.06. The second-order valence-corrected chi connectivity index (χ2v) is 5.21. The zero-order valence-corrected chi connectivity index (χ0v) is 12.5. The van der Waals surface area contributed by atoms with E-state index < -0.39 is 17.8 Å². The number of fused-ring (bicyclic) bond motifs is 1. The number of imide groups is 2. The van der Waals surface area contributed by atoms with Gasteiger partial charge in [0.15, 0.2) is 0 Å². The van der Waals surface area contributed by atoms with Gasteiger partial charge in [-0.1, -0.05) is 29.8 Å². The predicted molar refractivity (Wildman–Crippen MR) is 80.1 cm³/mol. The molecule has 0 saturated carbocycles. The van der Waals surface area contributed by atoms with E-state index in [9.17, 15) is 14.4 Å². The van der Waals surface area contributed by atoms with Gasteiger partial charge in [-0.15, -0.1) is 0 Å². The molecule has 112 valence electrons. The van der Waals surface area contributed by atoms with Crippen molar-refractivity contribution in [3.8, 4) is 0 Å². The molecule has 0 N–H and O–H groups in total. The summed E-state index contributed by atoms with van der Waals surface area (Å²) in [5.74, 6) is -1.64. The average Bonchev–Trinajstić information content (AvgIpc) is 2.71. The summed E-state index contributed by atoms with van der Waals surface area (Å²) in [5.41, 5.74) is 1.24. The van der Waals surface area contributed by atoms with Crippen LogP contribution in [-0.4, -0.2) is 39.2 Å². The maximum absolute atomic E-state index is 12.1. The Hall–Kier alpha value is -2.47. The van der Waals surface area contributed by atoms with Crippen LogP contribution in [0, 0.1) is 0 Å². The van der Waals surface area contributed by atoms with Gasteiger partial charge in [-0.2, -0.15) is 0 Å². The van der Waals surface area contributed by atoms with Gasteiger partial charge in [0.05, 0.1) is 12.1 Å². The van der Waals surface area contributed by atoms with E-state index in [0.717, 1.165) is 20.7 Å². The monoisotopic (exact) mass is 317 g/mol. The number of nitrogens with zero attached hydrogens (tertiary/aromatic N) is 3. The molecule has 1 saturated heterocycles. The topological polar surface area (TPSA) is 70.6 Å². The van der Waals surface area contributed by atoms with Crippen LogP contribution in [0.25, 0.3) is 10.9 Å². The zero-order valence-electron chi connectivity index (χ0n) is 11.7. The largest absolute Gasteiger partial charge is 0.334 e. The molecule has 1 fully saturated rings. The molecule has 0 unspecified atom stereocenters. The van der Waals surface area contributed by atoms with E-state index >= 15 is 0 Å². The summed E-state index contributed by atoms with van der Waals surface area (Å²) in [6, 6.07) is 8.53. The smallest absolute Gasteiger partial charge is 0.263 e. The molecule has 6 nitrogen and oxygen atoms in total. The predicted octanol–water partition coefficient (Wildman–Crippen LogP) is 2.20. The Morgan fingerprint density at radius 2 is 1.77 bits per heavy atom. The number of carbonyl (C=O) groups is 3. The molecule has 4 amide bonds. The van der Waals surface area contributed by atoms with Crippen molar-refractivity contribution in [2.75, 3.05) is 6.54 Å². The maximum Gasteiger partial charge on any atom is 0.334 e. The molecule has 2 heterocycles. The van der Waals surface area contributed by atoms with Crippen molar-refractivity contribution >= 4 is 40.3 Å². The first-order valence-electron chi connectivity index (χ1n) is 6.74. The second kappa shape index (κ2) is 5.38. The molecule has 1 aliphatic heterocycles. The number of amides is 4. The Morgan fingerprint density at radius 1 is 1.09 bits per heavy atom. The molecule has 2 aromatic rings. The number of para-hydroxylation sites is 1. The molecular weight excluding hydrogens is 306 g/mol. The van der Waals surface area contributed by atoms with Crippen LogP contribution in [0.3, 0.4) is 0 Å². The minimum Gasteiger partial charge on any atom is -0.263 e. The second-order valence-electron chi connectivity index (χ2n) is 4.85. The zero-order chi connectivity index (χ0) is 15.9. The molecule has 0 spiro atoms. The molecule has 22 heavy (non-hydrogen) atoms. The van der Waals surface area contributed by atoms with Crippen LogP contribution < -0.4 is 0 Å². The summed E-state index contributed by atoms with van der Waals surface area (Å²) in [4.78, 5) is 41.8. The first-order chi connectivity index (χ1) is 10.5. The van der Waals surface area contributed by atoms with Gasteiger partial charge in [-0.25, -0.2) is 9.78 Å². The fourth-order valence-corrected chi connectivity index (χ4v) is 2.59. The van der Waals surface area contributed by atoms with Crippen LogP contribution in [0.4, 0.5) is 4.79 Å². The molecule has 1 aromatic heterocycles. The van der Waals surface area contributed by atoms with Crippen molar-refractivity contribution in [3.63, 3.8) is 0 Å². The van der Waals surface area contributed by atoms with Crippen molar-refractivity contribution in [2.24, 2.45) is 0 Å². The maximum atomic E-state index is 12.1. The number of carbonyl (C=O) groups excluding carboxylic acids is 3. The van der Waals surface area contributed by atoms with Crippen LogP contribution in [0.5, 0.6) is 0 Å². The third-order valence-electron chi connectivity index (χ3n) is 3.53. The molecule has 0 bridgehead atoms. The van der Waals surface area contributed by atoms with Gasteiger partial charge < -0.3 is 0 Å². The van der Waals surface area contributed by atoms with Gasteiger partial charge in [-0.05, 0) is 19.1 Å². The quantitative estimate of drug-likeness (QED) is 0.494. The first-order valence-corrected chi connectivity index (χ1v) is 7.12. The Morgan fingerprint density at radius 3 is 2.45 bits per heavy atom. The Balaban J connectivity index is 1.96. The normalized spacial score (nSPS) is 15.3. The molecular formula is C15H12ClN3O3. The number of aromatic nitrogens is 1. The Labute approximate surface area is 131 Å². The summed E-state index contributed by atoms with van der Waals surface area (Å²) in [6.07, 6.45) is 0. The lowest BCUT2D eigenvalue weighted by Gasteiger charge is -2.15. The molecule has 3 rings (SSSR count). The van der Waals surface area contributed by atoms with Crippen LogP contribution in [-0.2, 0) is 16.1 Å². The van der Waals surface area contributed by atoms with E-state index in [1.165, 1.54) is 0 Å². The summed E-state index contributed by atoms with van der Waals surface area (Å²) >= 11 is 6.12. The summed E-state index contributed by atoms with van der Waals surface area (Å²) < 4.78 is 0. The van der Waals surface area contributed by atoms with Crippen molar-refractivity contribution in [3.05, 3.63) is 41.0 Å². The third kappa shape index (κ3) is 2.21. The van der Waals surface area contributed by atoms with E-state index in [2.05, 4.69) is 4.98 Å². The Bertz CT molecular complexity index is 806. The van der Waals surface area contributed by atoms with E-state index in [1.807, 2.05) is 24.3 Å². The van der Waals surface area contributed by atoms with Crippen molar-refractivity contribution in [2.45, 2.75) is 13.5 Å². The lowest BCUT2D eigenvalue weighted by atomic mass is 10.1. The van der Waals surface area contributed by atoms with Crippen molar-refractivity contribution in [1.29, 1.82) is 0 Å². The van der Waals surface area contributed by atoms with Gasteiger partial charge in [0.25, 0.3) is 0 Å². The number of benzene rings is 1. The summed E-state index contributed by atoms with van der Waals surface area (Å²) in [7, 11) is 0. The fraction of sp³-hybridized carbons (Fsp3) is 0.200. The van der Waals surface area contributed by atoms with Gasteiger partial charge >= 0.3 is 17.8 Å². The molecule has 0 aliphatic carbocycles. The highest BCUT2D eigenvalue weighted by Crippen LogP contribution is 2.24. The van der Waals surface area contributed by atoms with E-state index in [-0.39, 0.29) is 18.2 Å². The molecule has 7 heteroatoms. The lowest BCUT2D eigenvalue weighted by Crippen LogP contribution is -2.33. The number of hydrogen-bond acceptors (Lipinski definition) is 4. The number of pyridine rings is 1. The standard InChI is InChI=1S/C15H12ClN3O3/c1-2-18-13(20)14(21)19(15(18)22)8-10-7-9-5-3-4-6-11(9)17-12(10)16/h3-7H,2,8H2,1H3. The van der Waals surface area contributed by atoms with Crippen LogP contribution >= 0.6 is 11.6 Å². The van der Waals surface area contributed by atoms with Crippen LogP contribution in [0.1, 0.15) is 12.5 Å². The SMILES string of the molecule is CCN1C(=O)C(=O)N(Cc2cc3ccccc3nc2Cl)C1=O. The van der Waals surface area contributed by atoms with Crippen molar-refractivity contribution < 1.29 is 14.4 Å². The van der Waals surface area contributed by atoms with Crippen LogP contribution in [0.2, 0.25) is 5.15 Å². The minimum atomic E-state index is -0.837. The number of likely N-dealkylation sites (N-methyl/N-ethyl adjacent to an activating group) is 1. The number of rotatable bonds is 3. The first kappa shape index (κ1) is 14.5. The van der Waals surface area contributed by atoms with Gasteiger partial charge in [-0.3, -0.25) is 19.4 Å². The minimum absolute atomic E-state index is 0.0728. The molecule has 0 atom stereocenters.